The summed E-state index contributed by atoms with van der Waals surface area (Å²) in [6.45, 7) is 1.80. The van der Waals surface area contributed by atoms with Gasteiger partial charge in [-0.3, -0.25) is 0 Å². The van der Waals surface area contributed by atoms with Crippen LogP contribution in [0.15, 0.2) is 66.7 Å². The number of aromatic carboxylic acids is 1. The highest BCUT2D eigenvalue weighted by Gasteiger charge is 2.42. The number of carboxylic acids is 1. The second kappa shape index (κ2) is 7.21. The number of aromatic hydroxyl groups is 1. The van der Waals surface area contributed by atoms with Crippen LogP contribution in [-0.4, -0.2) is 31.5 Å². The minimum absolute atomic E-state index is 0.0102. The minimum atomic E-state index is -1.01. The molecule has 5 nitrogen and oxygen atoms in total. The van der Waals surface area contributed by atoms with Gasteiger partial charge >= 0.3 is 5.97 Å². The fourth-order valence-corrected chi connectivity index (χ4v) is 4.86. The predicted molar refractivity (Wildman–Crippen MR) is 120 cm³/mol. The van der Waals surface area contributed by atoms with Gasteiger partial charge < -0.3 is 19.9 Å². The number of benzene rings is 3. The summed E-state index contributed by atoms with van der Waals surface area (Å²) in [7, 11) is 0. The zero-order valence-electron chi connectivity index (χ0n) is 17.4. The van der Waals surface area contributed by atoms with Crippen LogP contribution in [0.4, 0.5) is 4.39 Å². The summed E-state index contributed by atoms with van der Waals surface area (Å²) in [5, 5.41) is 31.2. The fourth-order valence-electron chi connectivity index (χ4n) is 4.86. The number of halogens is 1. The van der Waals surface area contributed by atoms with E-state index in [2.05, 4.69) is 0 Å². The Morgan fingerprint density at radius 3 is 2.28 bits per heavy atom. The first kappa shape index (κ1) is 20.3. The molecule has 0 amide bonds. The molecule has 0 atom stereocenters. The summed E-state index contributed by atoms with van der Waals surface area (Å²) in [4.78, 5) is 11.3. The van der Waals surface area contributed by atoms with E-state index in [1.54, 1.807) is 55.5 Å². The third kappa shape index (κ3) is 3.24. The Kier molecular flexibility index (Phi) is 4.57. The van der Waals surface area contributed by atoms with Crippen LogP contribution in [0.25, 0.3) is 27.7 Å². The molecule has 0 bridgehead atoms. The average molecular weight is 431 g/mol. The van der Waals surface area contributed by atoms with Gasteiger partial charge in [0, 0.05) is 28.2 Å². The molecule has 162 valence electrons. The standard InChI is InChI=1S/C26H22FNO4/c1-26(32)13-17(14-26)24-22(15-5-7-16(8-6-15)25(30)31)23-20(3-2-4-21(23)29)28(24)19-11-9-18(27)10-12-19/h2-12,17,29,32H,13-14H2,1H3,(H,30,31)/t17-,26+. The molecule has 0 unspecified atom stereocenters. The van der Waals surface area contributed by atoms with Gasteiger partial charge in [0.25, 0.3) is 0 Å². The van der Waals surface area contributed by atoms with Crippen LogP contribution in [-0.2, 0) is 0 Å². The molecule has 0 radical (unpaired) electrons. The van der Waals surface area contributed by atoms with Gasteiger partial charge in [0.15, 0.2) is 0 Å². The van der Waals surface area contributed by atoms with Crippen LogP contribution in [0.1, 0.15) is 41.7 Å². The lowest BCUT2D eigenvalue weighted by Gasteiger charge is -2.42. The Morgan fingerprint density at radius 2 is 1.69 bits per heavy atom. The number of carboxylic acid groups (broad SMARTS) is 1. The lowest BCUT2D eigenvalue weighted by molar-refractivity contribution is -0.0324. The van der Waals surface area contributed by atoms with Gasteiger partial charge in [-0.2, -0.15) is 0 Å². The zero-order chi connectivity index (χ0) is 22.6. The van der Waals surface area contributed by atoms with E-state index < -0.39 is 11.6 Å². The quantitative estimate of drug-likeness (QED) is 0.400. The SMILES string of the molecule is C[C@]1(O)C[C@@H](c2c(-c3ccc(C(=O)O)cc3)c3c(O)cccc3n2-c2ccc(F)cc2)C1. The van der Waals surface area contributed by atoms with Crippen molar-refractivity contribution in [1.29, 1.82) is 0 Å². The van der Waals surface area contributed by atoms with Gasteiger partial charge in [-0.15, -0.1) is 0 Å². The number of fused-ring (bicyclic) bond motifs is 1. The monoisotopic (exact) mass is 431 g/mol. The van der Waals surface area contributed by atoms with E-state index >= 15 is 0 Å². The van der Waals surface area contributed by atoms with E-state index in [1.807, 2.05) is 10.6 Å². The Morgan fingerprint density at radius 1 is 1.03 bits per heavy atom. The number of phenolic OH excluding ortho intramolecular Hbond substituents is 1. The van der Waals surface area contributed by atoms with Crippen LogP contribution < -0.4 is 0 Å². The molecule has 4 aromatic rings. The number of nitrogens with zero attached hydrogens (tertiary/aromatic N) is 1. The predicted octanol–water partition coefficient (Wildman–Crippen LogP) is 5.47. The Labute approximate surface area is 184 Å². The molecule has 6 heteroatoms. The Hall–Kier alpha value is -3.64. The molecular formula is C26H22FNO4. The average Bonchev–Trinajstić information content (AvgIpc) is 3.08. The van der Waals surface area contributed by atoms with E-state index in [-0.39, 0.29) is 23.0 Å². The number of rotatable bonds is 4. The second-order valence-electron chi connectivity index (χ2n) is 8.73. The number of hydrogen-bond acceptors (Lipinski definition) is 3. The summed E-state index contributed by atoms with van der Waals surface area (Å²) < 4.78 is 15.7. The first-order valence-corrected chi connectivity index (χ1v) is 10.4. The molecule has 32 heavy (non-hydrogen) atoms. The summed E-state index contributed by atoms with van der Waals surface area (Å²) in [5.41, 5.74) is 3.37. The Bertz CT molecular complexity index is 1330. The maximum Gasteiger partial charge on any atom is 0.335 e. The van der Waals surface area contributed by atoms with Gasteiger partial charge in [0.1, 0.15) is 11.6 Å². The molecule has 1 fully saturated rings. The number of aromatic nitrogens is 1. The van der Waals surface area contributed by atoms with Gasteiger partial charge in [-0.05, 0) is 73.9 Å². The van der Waals surface area contributed by atoms with Gasteiger partial charge in [-0.25, -0.2) is 9.18 Å². The van der Waals surface area contributed by atoms with E-state index in [1.165, 1.54) is 12.1 Å². The van der Waals surface area contributed by atoms with Crippen LogP contribution in [0.3, 0.4) is 0 Å². The zero-order valence-corrected chi connectivity index (χ0v) is 17.4. The van der Waals surface area contributed by atoms with Crippen molar-refractivity contribution in [1.82, 2.24) is 4.57 Å². The lowest BCUT2D eigenvalue weighted by Crippen LogP contribution is -2.40. The summed E-state index contributed by atoms with van der Waals surface area (Å²) in [5.74, 6) is -1.24. The number of carbonyl (C=O) groups is 1. The van der Waals surface area contributed by atoms with Gasteiger partial charge in [0.2, 0.25) is 0 Å². The molecule has 1 aliphatic rings. The number of phenols is 1. The molecule has 0 aliphatic heterocycles. The largest absolute Gasteiger partial charge is 0.507 e. The first-order chi connectivity index (χ1) is 15.2. The highest BCUT2D eigenvalue weighted by atomic mass is 19.1. The molecule has 0 saturated heterocycles. The number of aliphatic hydroxyl groups is 1. The van der Waals surface area contributed by atoms with Crippen molar-refractivity contribution in [2.45, 2.75) is 31.3 Å². The molecule has 1 heterocycles. The van der Waals surface area contributed by atoms with E-state index in [4.69, 9.17) is 0 Å². The Balaban J connectivity index is 1.84. The molecule has 5 rings (SSSR count). The maximum atomic E-state index is 13.7. The normalized spacial score (nSPS) is 20.3. The van der Waals surface area contributed by atoms with E-state index in [0.717, 1.165) is 28.0 Å². The third-order valence-electron chi connectivity index (χ3n) is 6.27. The number of hydrogen-bond donors (Lipinski definition) is 3. The molecule has 1 saturated carbocycles. The first-order valence-electron chi connectivity index (χ1n) is 10.4. The molecule has 0 spiro atoms. The van der Waals surface area contributed by atoms with Crippen LogP contribution in [0.2, 0.25) is 0 Å². The van der Waals surface area contributed by atoms with Crippen molar-refractivity contribution in [3.63, 3.8) is 0 Å². The van der Waals surface area contributed by atoms with Crippen molar-refractivity contribution in [2.75, 3.05) is 0 Å². The van der Waals surface area contributed by atoms with E-state index in [0.29, 0.717) is 18.2 Å². The summed E-state index contributed by atoms with van der Waals surface area (Å²) in [6, 6.07) is 18.0. The van der Waals surface area contributed by atoms with Crippen LogP contribution >= 0.6 is 0 Å². The molecular weight excluding hydrogens is 409 g/mol. The van der Waals surface area contributed by atoms with Crippen molar-refractivity contribution < 1.29 is 24.5 Å². The van der Waals surface area contributed by atoms with Crippen molar-refractivity contribution in [2.24, 2.45) is 0 Å². The van der Waals surface area contributed by atoms with E-state index in [9.17, 15) is 24.5 Å². The lowest BCUT2D eigenvalue weighted by atomic mass is 9.69. The van der Waals surface area contributed by atoms with Crippen LogP contribution in [0, 0.1) is 5.82 Å². The van der Waals surface area contributed by atoms with Crippen molar-refractivity contribution >= 4 is 16.9 Å². The van der Waals surface area contributed by atoms with Gasteiger partial charge in [-0.1, -0.05) is 18.2 Å². The highest BCUT2D eigenvalue weighted by Crippen LogP contribution is 2.52. The van der Waals surface area contributed by atoms with Crippen LogP contribution in [0.5, 0.6) is 5.75 Å². The highest BCUT2D eigenvalue weighted by molar-refractivity contribution is 6.03. The fraction of sp³-hybridized carbons (Fsp3) is 0.192. The smallest absolute Gasteiger partial charge is 0.335 e. The molecule has 3 aromatic carbocycles. The van der Waals surface area contributed by atoms with Gasteiger partial charge in [0.05, 0.1) is 16.7 Å². The van der Waals surface area contributed by atoms with Crippen molar-refractivity contribution in [3.8, 4) is 22.6 Å². The second-order valence-corrected chi connectivity index (χ2v) is 8.73. The maximum absolute atomic E-state index is 13.7. The summed E-state index contributed by atoms with van der Waals surface area (Å²) in [6.07, 6.45) is 1.09. The van der Waals surface area contributed by atoms with Crippen molar-refractivity contribution in [3.05, 3.63) is 83.8 Å². The minimum Gasteiger partial charge on any atom is -0.507 e. The molecule has 3 N–H and O–H groups in total. The topological polar surface area (TPSA) is 82.7 Å². The third-order valence-corrected chi connectivity index (χ3v) is 6.27. The molecule has 1 aromatic heterocycles. The summed E-state index contributed by atoms with van der Waals surface area (Å²) >= 11 is 0. The molecule has 1 aliphatic carbocycles.